The van der Waals surface area contributed by atoms with E-state index in [1.165, 1.54) is 0 Å². The van der Waals surface area contributed by atoms with E-state index in [9.17, 15) is 9.90 Å². The zero-order valence-electron chi connectivity index (χ0n) is 9.11. The second kappa shape index (κ2) is 4.18. The highest BCUT2D eigenvalue weighted by atomic mass is 79.9. The van der Waals surface area contributed by atoms with E-state index in [1.54, 1.807) is 12.1 Å². The molecule has 2 rings (SSSR count). The summed E-state index contributed by atoms with van der Waals surface area (Å²) in [6.07, 6.45) is 1.60. The van der Waals surface area contributed by atoms with Gasteiger partial charge in [0.05, 0.1) is 11.3 Å². The highest BCUT2D eigenvalue weighted by Gasteiger charge is 2.32. The lowest BCUT2D eigenvalue weighted by Gasteiger charge is -2.22. The third-order valence-corrected chi connectivity index (χ3v) is 3.54. The number of anilines is 1. The molecular weight excluding hydrogens is 270 g/mol. The minimum absolute atomic E-state index is 0.608. The van der Waals surface area contributed by atoms with Crippen molar-refractivity contribution in [2.24, 2.45) is 0 Å². The molecule has 0 spiro atoms. The summed E-state index contributed by atoms with van der Waals surface area (Å²) in [6.45, 7) is 3.32. The Hall–Kier alpha value is -0.870. The number of carbonyl (C=O) groups is 1. The Morgan fingerprint density at radius 1 is 1.56 bits per heavy atom. The maximum Gasteiger partial charge on any atom is 0.150 e. The molecule has 86 valence electrons. The van der Waals surface area contributed by atoms with E-state index in [1.807, 2.05) is 13.0 Å². The van der Waals surface area contributed by atoms with Crippen molar-refractivity contribution in [3.05, 3.63) is 28.2 Å². The Labute approximate surface area is 103 Å². The van der Waals surface area contributed by atoms with E-state index in [0.29, 0.717) is 12.1 Å². The van der Waals surface area contributed by atoms with Crippen LogP contribution in [-0.2, 0) is 0 Å². The zero-order valence-corrected chi connectivity index (χ0v) is 10.7. The fourth-order valence-electron chi connectivity index (χ4n) is 2.00. The number of carbonyl (C=O) groups excluding carboxylic acids is 1. The van der Waals surface area contributed by atoms with Crippen molar-refractivity contribution in [2.45, 2.75) is 18.9 Å². The predicted molar refractivity (Wildman–Crippen MR) is 67.0 cm³/mol. The smallest absolute Gasteiger partial charge is 0.150 e. The van der Waals surface area contributed by atoms with E-state index < -0.39 is 5.60 Å². The second-order valence-electron chi connectivity index (χ2n) is 4.50. The SMILES string of the molecule is CC1(O)CCN(c2ccc(C=O)cc2Br)C1. The van der Waals surface area contributed by atoms with Gasteiger partial charge >= 0.3 is 0 Å². The number of β-amino-alcohol motifs (C(OH)–C–C–N with tert-alkyl or cyclic N) is 1. The van der Waals surface area contributed by atoms with Crippen LogP contribution in [-0.4, -0.2) is 30.1 Å². The predicted octanol–water partition coefficient (Wildman–Crippen LogP) is 2.22. The number of aliphatic hydroxyl groups is 1. The zero-order chi connectivity index (χ0) is 11.8. The molecule has 0 aliphatic carbocycles. The van der Waals surface area contributed by atoms with Crippen LogP contribution in [0.1, 0.15) is 23.7 Å². The number of benzene rings is 1. The van der Waals surface area contributed by atoms with Crippen LogP contribution in [0.2, 0.25) is 0 Å². The van der Waals surface area contributed by atoms with Gasteiger partial charge in [0.1, 0.15) is 6.29 Å². The molecule has 1 unspecified atom stereocenters. The van der Waals surface area contributed by atoms with Gasteiger partial charge in [-0.15, -0.1) is 0 Å². The van der Waals surface area contributed by atoms with E-state index in [0.717, 1.165) is 29.4 Å². The summed E-state index contributed by atoms with van der Waals surface area (Å²) >= 11 is 3.45. The summed E-state index contributed by atoms with van der Waals surface area (Å²) in [4.78, 5) is 12.7. The van der Waals surface area contributed by atoms with Crippen molar-refractivity contribution >= 4 is 27.9 Å². The average molecular weight is 284 g/mol. The van der Waals surface area contributed by atoms with Crippen molar-refractivity contribution in [3.63, 3.8) is 0 Å². The van der Waals surface area contributed by atoms with Crippen molar-refractivity contribution in [3.8, 4) is 0 Å². The number of hydrogen-bond acceptors (Lipinski definition) is 3. The quantitative estimate of drug-likeness (QED) is 0.847. The largest absolute Gasteiger partial charge is 0.388 e. The fourth-order valence-corrected chi connectivity index (χ4v) is 2.65. The third-order valence-electron chi connectivity index (χ3n) is 2.90. The standard InChI is InChI=1S/C12H14BrNO2/c1-12(16)4-5-14(8-12)11-3-2-9(7-15)6-10(11)13/h2-3,6-7,16H,4-5,8H2,1H3. The molecule has 3 nitrogen and oxygen atoms in total. The first-order valence-electron chi connectivity index (χ1n) is 5.24. The monoisotopic (exact) mass is 283 g/mol. The summed E-state index contributed by atoms with van der Waals surface area (Å²) in [6, 6.07) is 5.50. The molecule has 0 bridgehead atoms. The van der Waals surface area contributed by atoms with Gasteiger partial charge < -0.3 is 10.0 Å². The van der Waals surface area contributed by atoms with Crippen molar-refractivity contribution < 1.29 is 9.90 Å². The van der Waals surface area contributed by atoms with E-state index in [-0.39, 0.29) is 0 Å². The Morgan fingerprint density at radius 2 is 2.31 bits per heavy atom. The van der Waals surface area contributed by atoms with Gasteiger partial charge in [-0.05, 0) is 47.5 Å². The number of halogens is 1. The Kier molecular flexibility index (Phi) is 3.04. The van der Waals surface area contributed by atoms with Crippen LogP contribution in [0.15, 0.2) is 22.7 Å². The van der Waals surface area contributed by atoms with Gasteiger partial charge in [-0.25, -0.2) is 0 Å². The van der Waals surface area contributed by atoms with E-state index >= 15 is 0 Å². The lowest BCUT2D eigenvalue weighted by Crippen LogP contribution is -2.29. The second-order valence-corrected chi connectivity index (χ2v) is 5.35. The molecule has 0 amide bonds. The van der Waals surface area contributed by atoms with Crippen molar-refractivity contribution in [2.75, 3.05) is 18.0 Å². The molecule has 0 saturated carbocycles. The Bertz CT molecular complexity index is 417. The third kappa shape index (κ3) is 2.28. The van der Waals surface area contributed by atoms with Crippen LogP contribution >= 0.6 is 15.9 Å². The first-order chi connectivity index (χ1) is 7.52. The molecule has 1 aromatic carbocycles. The minimum atomic E-state index is -0.608. The van der Waals surface area contributed by atoms with Crippen LogP contribution in [0.4, 0.5) is 5.69 Å². The summed E-state index contributed by atoms with van der Waals surface area (Å²) in [7, 11) is 0. The molecule has 0 radical (unpaired) electrons. The molecule has 1 saturated heterocycles. The van der Waals surface area contributed by atoms with Crippen molar-refractivity contribution in [1.82, 2.24) is 0 Å². The summed E-state index contributed by atoms with van der Waals surface area (Å²) in [5.41, 5.74) is 1.08. The van der Waals surface area contributed by atoms with Gasteiger partial charge in [-0.2, -0.15) is 0 Å². The van der Waals surface area contributed by atoms with Gasteiger partial charge in [-0.1, -0.05) is 0 Å². The molecule has 1 fully saturated rings. The molecule has 1 atom stereocenters. The topological polar surface area (TPSA) is 40.5 Å². The molecule has 1 aliphatic rings. The lowest BCUT2D eigenvalue weighted by molar-refractivity contribution is 0.0839. The molecule has 1 aliphatic heterocycles. The number of aldehydes is 1. The van der Waals surface area contributed by atoms with Gasteiger partial charge in [0.2, 0.25) is 0 Å². The van der Waals surface area contributed by atoms with E-state index in [4.69, 9.17) is 0 Å². The average Bonchev–Trinajstić information content (AvgIpc) is 2.58. The molecule has 1 N–H and O–H groups in total. The lowest BCUT2D eigenvalue weighted by atomic mass is 10.1. The van der Waals surface area contributed by atoms with Crippen LogP contribution in [0.25, 0.3) is 0 Å². The maximum atomic E-state index is 10.6. The van der Waals surface area contributed by atoms with Crippen molar-refractivity contribution in [1.29, 1.82) is 0 Å². The fraction of sp³-hybridized carbons (Fsp3) is 0.417. The first-order valence-corrected chi connectivity index (χ1v) is 6.03. The Balaban J connectivity index is 2.25. The van der Waals surface area contributed by atoms with Gasteiger partial charge in [0.25, 0.3) is 0 Å². The summed E-state index contributed by atoms with van der Waals surface area (Å²) in [5.74, 6) is 0. The number of hydrogen-bond donors (Lipinski definition) is 1. The van der Waals surface area contributed by atoms with E-state index in [2.05, 4.69) is 20.8 Å². The normalized spacial score (nSPS) is 24.8. The molecule has 1 heterocycles. The highest BCUT2D eigenvalue weighted by molar-refractivity contribution is 9.10. The molecule has 16 heavy (non-hydrogen) atoms. The number of rotatable bonds is 2. The van der Waals surface area contributed by atoms with Gasteiger partial charge in [0.15, 0.2) is 0 Å². The van der Waals surface area contributed by atoms with Crippen LogP contribution in [0, 0.1) is 0 Å². The summed E-state index contributed by atoms with van der Waals surface area (Å²) in [5, 5.41) is 9.90. The van der Waals surface area contributed by atoms with Crippen LogP contribution in [0.5, 0.6) is 0 Å². The maximum absolute atomic E-state index is 10.6. The van der Waals surface area contributed by atoms with Gasteiger partial charge in [0, 0.05) is 23.1 Å². The highest BCUT2D eigenvalue weighted by Crippen LogP contribution is 2.32. The first kappa shape index (κ1) is 11.6. The minimum Gasteiger partial charge on any atom is -0.388 e. The van der Waals surface area contributed by atoms with Crippen LogP contribution in [0.3, 0.4) is 0 Å². The summed E-state index contributed by atoms with van der Waals surface area (Å²) < 4.78 is 0.898. The Morgan fingerprint density at radius 3 is 2.81 bits per heavy atom. The molecular formula is C12H14BrNO2. The molecule has 4 heteroatoms. The number of nitrogens with zero attached hydrogens (tertiary/aromatic N) is 1. The van der Waals surface area contributed by atoms with Gasteiger partial charge in [-0.3, -0.25) is 4.79 Å². The molecule has 0 aromatic heterocycles. The van der Waals surface area contributed by atoms with Crippen LogP contribution < -0.4 is 4.90 Å². The molecule has 1 aromatic rings.